The maximum Gasteiger partial charge on any atom is 0.472 e. The minimum absolute atomic E-state index is 0.0305. The van der Waals surface area contributed by atoms with Crippen LogP contribution in [0.3, 0.4) is 0 Å². The first kappa shape index (κ1) is 49.5. The molecule has 0 aromatic heterocycles. The van der Waals surface area contributed by atoms with E-state index in [1.54, 1.807) is 7.05 Å². The fourth-order valence-corrected chi connectivity index (χ4v) is 5.56. The lowest BCUT2D eigenvalue weighted by Crippen LogP contribution is -2.29. The van der Waals surface area contributed by atoms with Gasteiger partial charge >= 0.3 is 19.8 Å². The Balaban J connectivity index is 4.39. The molecular formula is C42H72NO8P. The number of allylic oxidation sites excluding steroid dienone is 12. The Bertz CT molecular complexity index is 1080. The summed E-state index contributed by atoms with van der Waals surface area (Å²) in [5.74, 6) is -0.880. The van der Waals surface area contributed by atoms with Crippen molar-refractivity contribution in [3.63, 3.8) is 0 Å². The average molecular weight is 750 g/mol. The number of nitrogens with one attached hydrogen (secondary N) is 1. The van der Waals surface area contributed by atoms with E-state index >= 15 is 0 Å². The second kappa shape index (κ2) is 38.2. The van der Waals surface area contributed by atoms with Crippen LogP contribution in [-0.4, -0.2) is 56.3 Å². The van der Waals surface area contributed by atoms with Crippen LogP contribution in [0.1, 0.15) is 142 Å². The molecule has 0 aliphatic carbocycles. The molecule has 0 aromatic rings. The SMILES string of the molecule is CC/C=C\C/C=C\C/C=C\CCCCCCCC(=O)OC(COC(=O)CCCC/C=C\C/C=C\C/C=C\CCCCC)COP(=O)(O)OCCNC. The van der Waals surface area contributed by atoms with Gasteiger partial charge in [-0.3, -0.25) is 18.6 Å². The number of hydrogen-bond donors (Lipinski definition) is 2. The summed E-state index contributed by atoms with van der Waals surface area (Å²) in [5.41, 5.74) is 0. The lowest BCUT2D eigenvalue weighted by molar-refractivity contribution is -0.161. The summed E-state index contributed by atoms with van der Waals surface area (Å²) < 4.78 is 33.0. The largest absolute Gasteiger partial charge is 0.472 e. The van der Waals surface area contributed by atoms with Gasteiger partial charge in [0.15, 0.2) is 6.10 Å². The molecule has 9 nitrogen and oxygen atoms in total. The molecule has 0 rings (SSSR count). The highest BCUT2D eigenvalue weighted by atomic mass is 31.2. The van der Waals surface area contributed by atoms with E-state index in [1.807, 2.05) is 0 Å². The lowest BCUT2D eigenvalue weighted by Gasteiger charge is -2.20. The molecule has 298 valence electrons. The Labute approximate surface area is 316 Å². The summed E-state index contributed by atoms with van der Waals surface area (Å²) in [7, 11) is -2.67. The lowest BCUT2D eigenvalue weighted by atomic mass is 10.1. The molecule has 2 unspecified atom stereocenters. The molecule has 0 amide bonds. The normalized spacial score (nSPS) is 14.2. The van der Waals surface area contributed by atoms with Crippen molar-refractivity contribution in [1.29, 1.82) is 0 Å². The Morgan fingerprint density at radius 2 is 1.10 bits per heavy atom. The van der Waals surface area contributed by atoms with Gasteiger partial charge in [-0.25, -0.2) is 4.57 Å². The smallest absolute Gasteiger partial charge is 0.462 e. The molecule has 0 saturated heterocycles. The van der Waals surface area contributed by atoms with Crippen LogP contribution in [0.4, 0.5) is 0 Å². The third kappa shape index (κ3) is 37.2. The second-order valence-corrected chi connectivity index (χ2v) is 14.2. The Hall–Kier alpha value is -2.55. The van der Waals surface area contributed by atoms with Crippen molar-refractivity contribution in [1.82, 2.24) is 5.32 Å². The molecule has 0 bridgehead atoms. The van der Waals surface area contributed by atoms with E-state index in [0.717, 1.165) is 83.5 Å². The molecule has 0 saturated carbocycles. The van der Waals surface area contributed by atoms with Gasteiger partial charge in [0.1, 0.15) is 6.61 Å². The zero-order chi connectivity index (χ0) is 38.2. The minimum atomic E-state index is -4.36. The van der Waals surface area contributed by atoms with Gasteiger partial charge in [-0.2, -0.15) is 0 Å². The fourth-order valence-electron chi connectivity index (χ4n) is 4.81. The zero-order valence-electron chi connectivity index (χ0n) is 32.7. The summed E-state index contributed by atoms with van der Waals surface area (Å²) in [6.07, 6.45) is 43.7. The highest BCUT2D eigenvalue weighted by Crippen LogP contribution is 2.43. The number of likely N-dealkylation sites (N-methyl/N-ethyl adjacent to an activating group) is 1. The third-order valence-electron chi connectivity index (χ3n) is 7.81. The van der Waals surface area contributed by atoms with Crippen molar-refractivity contribution in [2.75, 3.05) is 33.4 Å². The van der Waals surface area contributed by atoms with E-state index in [1.165, 1.54) is 19.3 Å². The molecule has 2 atom stereocenters. The Kier molecular flexibility index (Phi) is 36.3. The predicted octanol–water partition coefficient (Wildman–Crippen LogP) is 11.0. The Morgan fingerprint density at radius 3 is 1.67 bits per heavy atom. The van der Waals surface area contributed by atoms with E-state index < -0.39 is 32.5 Å². The van der Waals surface area contributed by atoms with Crippen LogP contribution >= 0.6 is 7.82 Å². The van der Waals surface area contributed by atoms with Crippen LogP contribution < -0.4 is 5.32 Å². The van der Waals surface area contributed by atoms with E-state index in [-0.39, 0.29) is 26.1 Å². The topological polar surface area (TPSA) is 120 Å². The number of carbonyl (C=O) groups excluding carboxylic acids is 2. The van der Waals surface area contributed by atoms with Gasteiger partial charge in [0, 0.05) is 19.4 Å². The quantitative estimate of drug-likeness (QED) is 0.0279. The van der Waals surface area contributed by atoms with Crippen LogP contribution in [0.5, 0.6) is 0 Å². The zero-order valence-corrected chi connectivity index (χ0v) is 33.6. The highest BCUT2D eigenvalue weighted by molar-refractivity contribution is 7.47. The number of carbonyl (C=O) groups is 2. The number of phosphoric acid groups is 1. The first-order valence-corrected chi connectivity index (χ1v) is 21.4. The number of hydrogen-bond acceptors (Lipinski definition) is 8. The molecule has 0 aliphatic rings. The number of esters is 2. The number of rotatable bonds is 36. The first-order valence-electron chi connectivity index (χ1n) is 19.9. The summed E-state index contributed by atoms with van der Waals surface area (Å²) in [6, 6.07) is 0. The number of unbranched alkanes of at least 4 members (excludes halogenated alkanes) is 10. The van der Waals surface area contributed by atoms with Gasteiger partial charge in [-0.15, -0.1) is 0 Å². The van der Waals surface area contributed by atoms with Crippen LogP contribution in [-0.2, 0) is 32.7 Å². The molecule has 52 heavy (non-hydrogen) atoms. The minimum Gasteiger partial charge on any atom is -0.462 e. The van der Waals surface area contributed by atoms with Gasteiger partial charge < -0.3 is 19.7 Å². The summed E-state index contributed by atoms with van der Waals surface area (Å²) in [6.45, 7) is 3.99. The highest BCUT2D eigenvalue weighted by Gasteiger charge is 2.26. The fraction of sp³-hybridized carbons (Fsp3) is 0.667. The van der Waals surface area contributed by atoms with E-state index in [0.29, 0.717) is 19.4 Å². The van der Waals surface area contributed by atoms with E-state index in [9.17, 15) is 19.0 Å². The molecule has 0 spiro atoms. The van der Waals surface area contributed by atoms with Crippen molar-refractivity contribution in [2.24, 2.45) is 0 Å². The number of phosphoric ester groups is 1. The molecule has 0 aliphatic heterocycles. The van der Waals surface area contributed by atoms with Crippen molar-refractivity contribution in [3.05, 3.63) is 72.9 Å². The van der Waals surface area contributed by atoms with E-state index in [4.69, 9.17) is 18.5 Å². The van der Waals surface area contributed by atoms with Crippen molar-refractivity contribution in [3.8, 4) is 0 Å². The molecule has 2 N–H and O–H groups in total. The van der Waals surface area contributed by atoms with Crippen molar-refractivity contribution < 1.29 is 37.6 Å². The van der Waals surface area contributed by atoms with Crippen LogP contribution in [0, 0.1) is 0 Å². The molecular weight excluding hydrogens is 677 g/mol. The summed E-state index contributed by atoms with van der Waals surface area (Å²) in [5, 5.41) is 2.81. The third-order valence-corrected chi connectivity index (χ3v) is 8.79. The van der Waals surface area contributed by atoms with Crippen molar-refractivity contribution in [2.45, 2.75) is 148 Å². The Morgan fingerprint density at radius 1 is 0.615 bits per heavy atom. The van der Waals surface area contributed by atoms with Gasteiger partial charge in [-0.05, 0) is 90.5 Å². The standard InChI is InChI=1S/C42H72NO8P/c1-4-6-8-10-12-14-16-18-20-22-24-26-28-30-32-34-41(44)48-38-40(39-50-52(46,47)49-37-36-43-3)51-42(45)35-33-31-29-27-25-23-21-19-17-15-13-11-9-7-5-2/h7,9,12-15,18-21,24,26,40,43H,4-6,8,10-11,16-17,22-23,25,27-39H2,1-3H3,(H,46,47)/b9-7-,14-12-,15-13-,20-18-,21-19-,26-24-. The second-order valence-electron chi connectivity index (χ2n) is 12.7. The van der Waals surface area contributed by atoms with Crippen LogP contribution in [0.15, 0.2) is 72.9 Å². The van der Waals surface area contributed by atoms with Gasteiger partial charge in [-0.1, -0.05) is 119 Å². The van der Waals surface area contributed by atoms with Crippen LogP contribution in [0.2, 0.25) is 0 Å². The number of ether oxygens (including phenoxy) is 2. The molecule has 10 heteroatoms. The summed E-state index contributed by atoms with van der Waals surface area (Å²) >= 11 is 0. The summed E-state index contributed by atoms with van der Waals surface area (Å²) in [4.78, 5) is 34.9. The first-order chi connectivity index (χ1) is 25.3. The molecule has 0 radical (unpaired) electrons. The van der Waals surface area contributed by atoms with E-state index in [2.05, 4.69) is 92.1 Å². The molecule has 0 aromatic carbocycles. The molecule has 0 fully saturated rings. The van der Waals surface area contributed by atoms with Gasteiger partial charge in [0.2, 0.25) is 0 Å². The van der Waals surface area contributed by atoms with Crippen molar-refractivity contribution >= 4 is 19.8 Å². The predicted molar refractivity (Wildman–Crippen MR) is 215 cm³/mol. The monoisotopic (exact) mass is 749 g/mol. The van der Waals surface area contributed by atoms with Gasteiger partial charge in [0.05, 0.1) is 13.2 Å². The maximum absolute atomic E-state index is 12.6. The molecule has 0 heterocycles. The van der Waals surface area contributed by atoms with Crippen LogP contribution in [0.25, 0.3) is 0 Å². The average Bonchev–Trinajstić information content (AvgIpc) is 3.12. The van der Waals surface area contributed by atoms with Gasteiger partial charge in [0.25, 0.3) is 0 Å². The maximum atomic E-state index is 12.6.